The largest absolute Gasteiger partial charge is 0.387 e. The number of hydrogen-bond acceptors (Lipinski definition) is 5. The van der Waals surface area contributed by atoms with Gasteiger partial charge in [0, 0.05) is 19.8 Å². The lowest BCUT2D eigenvalue weighted by Gasteiger charge is -2.25. The summed E-state index contributed by atoms with van der Waals surface area (Å²) in [5.74, 6) is 0. The summed E-state index contributed by atoms with van der Waals surface area (Å²) < 4.78 is 29.9. The molecule has 0 unspecified atom stereocenters. The van der Waals surface area contributed by atoms with E-state index in [2.05, 4.69) is 10.1 Å². The molecule has 0 aliphatic carbocycles. The second-order valence-electron chi connectivity index (χ2n) is 5.42. The van der Waals surface area contributed by atoms with Crippen LogP contribution in [0.15, 0.2) is 23.6 Å². The molecule has 0 saturated heterocycles. The molecule has 1 N–H and O–H groups in total. The molecule has 3 heterocycles. The molecule has 3 rings (SSSR count). The van der Waals surface area contributed by atoms with Gasteiger partial charge in [0.2, 0.25) is 0 Å². The quantitative estimate of drug-likeness (QED) is 0.870. The molecule has 0 fully saturated rings. The molecule has 0 bridgehead atoms. The Morgan fingerprint density at radius 1 is 1.41 bits per heavy atom. The van der Waals surface area contributed by atoms with Crippen molar-refractivity contribution in [2.75, 3.05) is 6.54 Å². The molecule has 0 spiro atoms. The molecule has 2 aromatic heterocycles. The van der Waals surface area contributed by atoms with Gasteiger partial charge >= 0.3 is 0 Å². The SMILES string of the molecule is CC[C@@H](O)c1cc2n(n1)CCN(S(=O)(=O)c1cn(C)cn1)C2. The minimum atomic E-state index is -3.60. The van der Waals surface area contributed by atoms with Crippen molar-refractivity contribution in [2.24, 2.45) is 7.05 Å². The van der Waals surface area contributed by atoms with Crippen molar-refractivity contribution in [2.45, 2.75) is 37.6 Å². The first-order valence-electron chi connectivity index (χ1n) is 7.14. The van der Waals surface area contributed by atoms with E-state index >= 15 is 0 Å². The summed E-state index contributed by atoms with van der Waals surface area (Å²) in [4.78, 5) is 3.94. The molecule has 1 atom stereocenters. The van der Waals surface area contributed by atoms with Crippen LogP contribution in [0.2, 0.25) is 0 Å². The highest BCUT2D eigenvalue weighted by Gasteiger charge is 2.31. The lowest BCUT2D eigenvalue weighted by Crippen LogP contribution is -2.38. The predicted molar refractivity (Wildman–Crippen MR) is 78.3 cm³/mol. The normalized spacial score (nSPS) is 17.4. The highest BCUT2D eigenvalue weighted by atomic mass is 32.2. The zero-order chi connectivity index (χ0) is 15.9. The maximum atomic E-state index is 12.6. The Balaban J connectivity index is 1.86. The summed E-state index contributed by atoms with van der Waals surface area (Å²) in [5.41, 5.74) is 1.38. The smallest absolute Gasteiger partial charge is 0.262 e. The van der Waals surface area contributed by atoms with E-state index < -0.39 is 16.1 Å². The number of rotatable bonds is 4. The van der Waals surface area contributed by atoms with Crippen LogP contribution >= 0.6 is 0 Å². The summed E-state index contributed by atoms with van der Waals surface area (Å²) in [6.07, 6.45) is 2.93. The van der Waals surface area contributed by atoms with Crippen LogP contribution in [0, 0.1) is 0 Å². The van der Waals surface area contributed by atoms with Crippen molar-refractivity contribution in [3.05, 3.63) is 30.0 Å². The second kappa shape index (κ2) is 5.49. The Hall–Kier alpha value is -1.71. The number of aliphatic hydroxyl groups excluding tert-OH is 1. The topological polar surface area (TPSA) is 93.3 Å². The van der Waals surface area contributed by atoms with Crippen molar-refractivity contribution >= 4 is 10.0 Å². The first-order valence-corrected chi connectivity index (χ1v) is 8.58. The highest BCUT2D eigenvalue weighted by molar-refractivity contribution is 7.89. The van der Waals surface area contributed by atoms with Gasteiger partial charge in [-0.25, -0.2) is 13.4 Å². The average molecular weight is 325 g/mol. The monoisotopic (exact) mass is 325 g/mol. The molecule has 0 aromatic carbocycles. The van der Waals surface area contributed by atoms with Gasteiger partial charge in [-0.2, -0.15) is 9.40 Å². The van der Waals surface area contributed by atoms with Gasteiger partial charge < -0.3 is 9.67 Å². The molecule has 22 heavy (non-hydrogen) atoms. The molecule has 0 amide bonds. The lowest BCUT2D eigenvalue weighted by atomic mass is 10.2. The van der Waals surface area contributed by atoms with Crippen LogP contribution in [0.4, 0.5) is 0 Å². The molecule has 8 nitrogen and oxygen atoms in total. The van der Waals surface area contributed by atoms with Gasteiger partial charge in [0.25, 0.3) is 10.0 Å². The number of aromatic nitrogens is 4. The maximum Gasteiger partial charge on any atom is 0.262 e. The van der Waals surface area contributed by atoms with Gasteiger partial charge in [0.1, 0.15) is 0 Å². The number of nitrogens with zero attached hydrogens (tertiary/aromatic N) is 5. The zero-order valence-electron chi connectivity index (χ0n) is 12.5. The van der Waals surface area contributed by atoms with Crippen LogP contribution in [-0.4, -0.2) is 43.7 Å². The van der Waals surface area contributed by atoms with Crippen LogP contribution in [0.25, 0.3) is 0 Å². The van der Waals surface area contributed by atoms with Gasteiger partial charge in [0.05, 0.1) is 36.9 Å². The van der Waals surface area contributed by atoms with Crippen LogP contribution in [0.1, 0.15) is 30.8 Å². The summed E-state index contributed by atoms with van der Waals surface area (Å²) in [6.45, 7) is 2.93. The Bertz CT molecular complexity index is 779. The van der Waals surface area contributed by atoms with Gasteiger partial charge in [0.15, 0.2) is 5.03 Å². The van der Waals surface area contributed by atoms with Crippen molar-refractivity contribution in [1.29, 1.82) is 0 Å². The lowest BCUT2D eigenvalue weighted by molar-refractivity contribution is 0.167. The van der Waals surface area contributed by atoms with E-state index in [1.165, 1.54) is 16.8 Å². The third-order valence-electron chi connectivity index (χ3n) is 3.80. The molecule has 0 radical (unpaired) electrons. The van der Waals surface area contributed by atoms with Crippen molar-refractivity contribution in [3.8, 4) is 0 Å². The average Bonchev–Trinajstić information content (AvgIpc) is 3.11. The number of aryl methyl sites for hydroxylation is 1. The number of fused-ring (bicyclic) bond motifs is 1. The third kappa shape index (κ3) is 2.55. The van der Waals surface area contributed by atoms with E-state index in [1.807, 2.05) is 6.92 Å². The summed E-state index contributed by atoms with van der Waals surface area (Å²) in [5, 5.41) is 14.3. The number of sulfonamides is 1. The van der Waals surface area contributed by atoms with Gasteiger partial charge in [-0.1, -0.05) is 6.92 Å². The molecular weight excluding hydrogens is 306 g/mol. The van der Waals surface area contributed by atoms with E-state index in [1.54, 1.807) is 22.4 Å². The maximum absolute atomic E-state index is 12.6. The fourth-order valence-corrected chi connectivity index (χ4v) is 3.86. The minimum Gasteiger partial charge on any atom is -0.387 e. The summed E-state index contributed by atoms with van der Waals surface area (Å²) >= 11 is 0. The predicted octanol–water partition coefficient (Wildman–Crippen LogP) is 0.264. The summed E-state index contributed by atoms with van der Waals surface area (Å²) in [6, 6.07) is 1.77. The molecular formula is C13H19N5O3S. The third-order valence-corrected chi connectivity index (χ3v) is 5.53. The van der Waals surface area contributed by atoms with Crippen LogP contribution < -0.4 is 0 Å². The standard InChI is InChI=1S/C13H19N5O3S/c1-3-12(19)11-6-10-7-17(4-5-18(10)15-11)22(20,21)13-8-16(2)9-14-13/h6,8-9,12,19H,3-5,7H2,1-2H3/t12-/m1/s1. The molecule has 9 heteroatoms. The number of imidazole rings is 1. The number of hydrogen-bond donors (Lipinski definition) is 1. The zero-order valence-corrected chi connectivity index (χ0v) is 13.4. The first kappa shape index (κ1) is 15.2. The van der Waals surface area contributed by atoms with E-state index in [0.717, 1.165) is 5.69 Å². The van der Waals surface area contributed by atoms with Crippen molar-refractivity contribution < 1.29 is 13.5 Å². The Labute approximate surface area is 129 Å². The van der Waals surface area contributed by atoms with Crippen molar-refractivity contribution in [3.63, 3.8) is 0 Å². The summed E-state index contributed by atoms with van der Waals surface area (Å²) in [7, 11) is -1.87. The van der Waals surface area contributed by atoms with Crippen LogP contribution in [0.3, 0.4) is 0 Å². The van der Waals surface area contributed by atoms with E-state index in [9.17, 15) is 13.5 Å². The Morgan fingerprint density at radius 2 is 2.18 bits per heavy atom. The van der Waals surface area contributed by atoms with E-state index in [0.29, 0.717) is 25.2 Å². The molecule has 1 aliphatic heterocycles. The first-order chi connectivity index (χ1) is 10.4. The molecule has 120 valence electrons. The number of aliphatic hydroxyl groups is 1. The fourth-order valence-electron chi connectivity index (χ4n) is 2.50. The molecule has 1 aliphatic rings. The Kier molecular flexibility index (Phi) is 3.79. The van der Waals surface area contributed by atoms with E-state index in [4.69, 9.17) is 0 Å². The second-order valence-corrected chi connectivity index (χ2v) is 7.31. The van der Waals surface area contributed by atoms with Crippen LogP contribution in [-0.2, 0) is 30.2 Å². The minimum absolute atomic E-state index is 0.0526. The fraction of sp³-hybridized carbons (Fsp3) is 0.538. The Morgan fingerprint density at radius 3 is 2.82 bits per heavy atom. The highest BCUT2D eigenvalue weighted by Crippen LogP contribution is 2.23. The molecule has 0 saturated carbocycles. The van der Waals surface area contributed by atoms with Gasteiger partial charge in [-0.05, 0) is 12.5 Å². The van der Waals surface area contributed by atoms with Gasteiger partial charge in [-0.15, -0.1) is 0 Å². The molecule has 2 aromatic rings. The van der Waals surface area contributed by atoms with E-state index in [-0.39, 0.29) is 11.6 Å². The van der Waals surface area contributed by atoms with Crippen molar-refractivity contribution in [1.82, 2.24) is 23.6 Å². The van der Waals surface area contributed by atoms with Crippen LogP contribution in [0.5, 0.6) is 0 Å². The van der Waals surface area contributed by atoms with Gasteiger partial charge in [-0.3, -0.25) is 4.68 Å².